The standard InChI is InChI=1S/C12H14ClN3O/c1-2-6-16-8-9(7-15-16)17-12-10(13)4-3-5-11(12)14/h3-5,7-8H,2,6,14H2,1H3. The van der Waals surface area contributed by atoms with E-state index in [4.69, 9.17) is 22.1 Å². The fourth-order valence-electron chi connectivity index (χ4n) is 1.50. The highest BCUT2D eigenvalue weighted by Gasteiger charge is 2.08. The van der Waals surface area contributed by atoms with Crippen molar-refractivity contribution >= 4 is 17.3 Å². The van der Waals surface area contributed by atoms with Crippen molar-refractivity contribution in [2.45, 2.75) is 19.9 Å². The zero-order valence-corrected chi connectivity index (χ0v) is 10.3. The van der Waals surface area contributed by atoms with E-state index in [9.17, 15) is 0 Å². The van der Waals surface area contributed by atoms with Gasteiger partial charge in [-0.25, -0.2) is 0 Å². The molecule has 0 unspecified atom stereocenters. The maximum absolute atomic E-state index is 6.02. The predicted octanol–water partition coefficient (Wildman–Crippen LogP) is 3.32. The zero-order valence-electron chi connectivity index (χ0n) is 9.56. The van der Waals surface area contributed by atoms with Crippen LogP contribution in [-0.4, -0.2) is 9.78 Å². The van der Waals surface area contributed by atoms with Crippen LogP contribution in [0.5, 0.6) is 11.5 Å². The van der Waals surface area contributed by atoms with E-state index in [1.54, 1.807) is 24.4 Å². The van der Waals surface area contributed by atoms with E-state index < -0.39 is 0 Å². The van der Waals surface area contributed by atoms with Gasteiger partial charge in [0.1, 0.15) is 0 Å². The number of hydrogen-bond donors (Lipinski definition) is 1. The van der Waals surface area contributed by atoms with E-state index in [1.165, 1.54) is 0 Å². The lowest BCUT2D eigenvalue weighted by Crippen LogP contribution is -1.95. The highest BCUT2D eigenvalue weighted by atomic mass is 35.5. The number of aromatic nitrogens is 2. The minimum Gasteiger partial charge on any atom is -0.450 e. The van der Waals surface area contributed by atoms with Gasteiger partial charge in [0.2, 0.25) is 0 Å². The van der Waals surface area contributed by atoms with Crippen LogP contribution in [-0.2, 0) is 6.54 Å². The molecular weight excluding hydrogens is 238 g/mol. The Morgan fingerprint density at radius 1 is 1.47 bits per heavy atom. The van der Waals surface area contributed by atoms with Gasteiger partial charge in [0.25, 0.3) is 0 Å². The van der Waals surface area contributed by atoms with Gasteiger partial charge in [0.15, 0.2) is 11.5 Å². The normalized spacial score (nSPS) is 10.5. The molecule has 0 aliphatic rings. The summed E-state index contributed by atoms with van der Waals surface area (Å²) in [5, 5.41) is 4.66. The molecular formula is C12H14ClN3O. The van der Waals surface area contributed by atoms with Gasteiger partial charge in [-0.15, -0.1) is 0 Å². The molecule has 1 aromatic heterocycles. The van der Waals surface area contributed by atoms with Crippen molar-refractivity contribution in [3.05, 3.63) is 35.6 Å². The topological polar surface area (TPSA) is 53.1 Å². The minimum absolute atomic E-state index is 0.477. The summed E-state index contributed by atoms with van der Waals surface area (Å²) in [5.41, 5.74) is 6.31. The zero-order chi connectivity index (χ0) is 12.3. The van der Waals surface area contributed by atoms with Crippen LogP contribution in [0.2, 0.25) is 5.02 Å². The maximum atomic E-state index is 6.02. The first-order valence-electron chi connectivity index (χ1n) is 5.45. The Hall–Kier alpha value is -1.68. The number of nitrogen functional groups attached to an aromatic ring is 1. The smallest absolute Gasteiger partial charge is 0.169 e. The summed E-state index contributed by atoms with van der Waals surface area (Å²) in [6.45, 7) is 2.95. The molecule has 0 saturated carbocycles. The lowest BCUT2D eigenvalue weighted by atomic mass is 10.3. The fourth-order valence-corrected chi connectivity index (χ4v) is 1.72. The van der Waals surface area contributed by atoms with Gasteiger partial charge in [-0.05, 0) is 18.6 Å². The molecule has 0 bridgehead atoms. The van der Waals surface area contributed by atoms with Gasteiger partial charge in [0, 0.05) is 6.54 Å². The molecule has 0 spiro atoms. The van der Waals surface area contributed by atoms with Crippen LogP contribution in [0.15, 0.2) is 30.6 Å². The summed E-state index contributed by atoms with van der Waals surface area (Å²) in [6.07, 6.45) is 4.50. The molecule has 0 amide bonds. The molecule has 0 saturated heterocycles. The van der Waals surface area contributed by atoms with Crippen LogP contribution in [0.25, 0.3) is 0 Å². The number of ether oxygens (including phenoxy) is 1. The van der Waals surface area contributed by atoms with Crippen molar-refractivity contribution in [3.8, 4) is 11.5 Å². The van der Waals surface area contributed by atoms with Gasteiger partial charge in [-0.3, -0.25) is 4.68 Å². The van der Waals surface area contributed by atoms with E-state index in [0.29, 0.717) is 22.2 Å². The molecule has 0 aliphatic carbocycles. The second-order valence-electron chi connectivity index (χ2n) is 3.70. The van der Waals surface area contributed by atoms with Crippen molar-refractivity contribution < 1.29 is 4.74 Å². The molecule has 2 rings (SSSR count). The van der Waals surface area contributed by atoms with E-state index >= 15 is 0 Å². The van der Waals surface area contributed by atoms with Crippen LogP contribution >= 0.6 is 11.6 Å². The lowest BCUT2D eigenvalue weighted by Gasteiger charge is -2.07. The Balaban J connectivity index is 2.19. The Kier molecular flexibility index (Phi) is 3.54. The van der Waals surface area contributed by atoms with Crippen molar-refractivity contribution in [2.24, 2.45) is 0 Å². The maximum Gasteiger partial charge on any atom is 0.169 e. The molecule has 5 heteroatoms. The summed E-state index contributed by atoms with van der Waals surface area (Å²) in [4.78, 5) is 0. The van der Waals surface area contributed by atoms with Crippen molar-refractivity contribution in [1.82, 2.24) is 9.78 Å². The van der Waals surface area contributed by atoms with Crippen LogP contribution in [0, 0.1) is 0 Å². The number of anilines is 1. The van der Waals surface area contributed by atoms with Gasteiger partial charge in [-0.2, -0.15) is 5.10 Å². The minimum atomic E-state index is 0.477. The molecule has 0 fully saturated rings. The average molecular weight is 252 g/mol. The molecule has 1 heterocycles. The third-order valence-electron chi connectivity index (χ3n) is 2.28. The molecule has 0 aliphatic heterocycles. The number of halogens is 1. The monoisotopic (exact) mass is 251 g/mol. The number of para-hydroxylation sites is 1. The third kappa shape index (κ3) is 2.71. The van der Waals surface area contributed by atoms with E-state index in [-0.39, 0.29) is 0 Å². The molecule has 2 N–H and O–H groups in total. The summed E-state index contributed by atoms with van der Waals surface area (Å²) >= 11 is 6.02. The summed E-state index contributed by atoms with van der Waals surface area (Å²) < 4.78 is 7.45. The van der Waals surface area contributed by atoms with E-state index in [0.717, 1.165) is 13.0 Å². The Morgan fingerprint density at radius 3 is 3.00 bits per heavy atom. The first-order chi connectivity index (χ1) is 8.20. The third-order valence-corrected chi connectivity index (χ3v) is 2.58. The Labute approximate surface area is 105 Å². The second-order valence-corrected chi connectivity index (χ2v) is 4.11. The summed E-state index contributed by atoms with van der Waals surface area (Å²) in [6, 6.07) is 5.27. The summed E-state index contributed by atoms with van der Waals surface area (Å²) in [5.74, 6) is 1.11. The average Bonchev–Trinajstić information content (AvgIpc) is 2.72. The molecule has 2 aromatic rings. The number of nitrogens with two attached hydrogens (primary N) is 1. The first-order valence-corrected chi connectivity index (χ1v) is 5.82. The molecule has 1 aromatic carbocycles. The number of aryl methyl sites for hydroxylation is 1. The van der Waals surface area contributed by atoms with E-state index in [1.807, 2.05) is 10.9 Å². The quantitative estimate of drug-likeness (QED) is 0.848. The van der Waals surface area contributed by atoms with Crippen molar-refractivity contribution in [3.63, 3.8) is 0 Å². The van der Waals surface area contributed by atoms with Gasteiger partial charge < -0.3 is 10.5 Å². The fraction of sp³-hybridized carbons (Fsp3) is 0.250. The Morgan fingerprint density at radius 2 is 2.29 bits per heavy atom. The van der Waals surface area contributed by atoms with Crippen molar-refractivity contribution in [2.75, 3.05) is 5.73 Å². The molecule has 17 heavy (non-hydrogen) atoms. The molecule has 4 nitrogen and oxygen atoms in total. The molecule has 90 valence electrons. The highest BCUT2D eigenvalue weighted by Crippen LogP contribution is 2.34. The van der Waals surface area contributed by atoms with Crippen LogP contribution < -0.4 is 10.5 Å². The number of rotatable bonds is 4. The molecule has 0 atom stereocenters. The van der Waals surface area contributed by atoms with Crippen molar-refractivity contribution in [1.29, 1.82) is 0 Å². The number of hydrogen-bond acceptors (Lipinski definition) is 3. The summed E-state index contributed by atoms with van der Waals surface area (Å²) in [7, 11) is 0. The first kappa shape index (κ1) is 11.8. The highest BCUT2D eigenvalue weighted by molar-refractivity contribution is 6.32. The SMILES string of the molecule is CCCn1cc(Oc2c(N)cccc2Cl)cn1. The van der Waals surface area contributed by atoms with Gasteiger partial charge in [0.05, 0.1) is 23.1 Å². The second kappa shape index (κ2) is 5.10. The molecule has 0 radical (unpaired) electrons. The van der Waals surface area contributed by atoms with E-state index in [2.05, 4.69) is 12.0 Å². The van der Waals surface area contributed by atoms with Crippen LogP contribution in [0.3, 0.4) is 0 Å². The lowest BCUT2D eigenvalue weighted by molar-refractivity contribution is 0.483. The number of nitrogens with zero attached hydrogens (tertiary/aromatic N) is 2. The number of benzene rings is 1. The Bertz CT molecular complexity index is 490. The predicted molar refractivity (Wildman–Crippen MR) is 68.5 cm³/mol. The van der Waals surface area contributed by atoms with Gasteiger partial charge in [-0.1, -0.05) is 24.6 Å². The van der Waals surface area contributed by atoms with Gasteiger partial charge >= 0.3 is 0 Å². The van der Waals surface area contributed by atoms with Crippen LogP contribution in [0.4, 0.5) is 5.69 Å². The largest absolute Gasteiger partial charge is 0.450 e. The van der Waals surface area contributed by atoms with Crippen LogP contribution in [0.1, 0.15) is 13.3 Å².